The van der Waals surface area contributed by atoms with Gasteiger partial charge in [-0.25, -0.2) is 0 Å². The number of phenolic OH excluding ortho intramolecular Hbond substituents is 1. The van der Waals surface area contributed by atoms with Crippen LogP contribution in [0.1, 0.15) is 32.8 Å². The van der Waals surface area contributed by atoms with E-state index in [1.165, 1.54) is 0 Å². The van der Waals surface area contributed by atoms with Crippen molar-refractivity contribution < 1.29 is 10.2 Å². The van der Waals surface area contributed by atoms with Gasteiger partial charge in [-0.05, 0) is 36.0 Å². The van der Waals surface area contributed by atoms with Crippen LogP contribution in [0.2, 0.25) is 0 Å². The van der Waals surface area contributed by atoms with Crippen LogP contribution in [0.15, 0.2) is 24.3 Å². The van der Waals surface area contributed by atoms with E-state index in [1.54, 1.807) is 12.1 Å². The van der Waals surface area contributed by atoms with E-state index in [-0.39, 0.29) is 17.3 Å². The summed E-state index contributed by atoms with van der Waals surface area (Å²) >= 11 is 0. The molecule has 1 atom stereocenters. The fourth-order valence-electron chi connectivity index (χ4n) is 1.68. The van der Waals surface area contributed by atoms with Crippen molar-refractivity contribution in [2.45, 2.75) is 39.7 Å². The second-order valence-electron chi connectivity index (χ2n) is 5.29. The average molecular weight is 208 g/mol. The van der Waals surface area contributed by atoms with Crippen LogP contribution in [0.3, 0.4) is 0 Å². The maximum Gasteiger partial charge on any atom is 0.115 e. The van der Waals surface area contributed by atoms with Gasteiger partial charge in [0.2, 0.25) is 0 Å². The molecule has 0 bridgehead atoms. The van der Waals surface area contributed by atoms with Gasteiger partial charge in [0.15, 0.2) is 0 Å². The number of benzene rings is 1. The Bertz CT molecular complexity index is 295. The van der Waals surface area contributed by atoms with E-state index < -0.39 is 0 Å². The standard InChI is InChI=1S/C13H20O2/c1-13(2,3)9-12(15)8-10-4-6-11(14)7-5-10/h4-7,12,14-15H,8-9H2,1-3H3. The molecule has 0 heterocycles. The molecular weight excluding hydrogens is 188 g/mol. The Labute approximate surface area is 91.6 Å². The molecule has 15 heavy (non-hydrogen) atoms. The van der Waals surface area contributed by atoms with Gasteiger partial charge in [-0.3, -0.25) is 0 Å². The lowest BCUT2D eigenvalue weighted by molar-refractivity contribution is 0.121. The highest BCUT2D eigenvalue weighted by Gasteiger charge is 2.16. The molecular formula is C13H20O2. The highest BCUT2D eigenvalue weighted by atomic mass is 16.3. The van der Waals surface area contributed by atoms with Gasteiger partial charge in [0.1, 0.15) is 5.75 Å². The smallest absolute Gasteiger partial charge is 0.115 e. The molecule has 0 fully saturated rings. The molecule has 0 amide bonds. The molecule has 0 radical (unpaired) electrons. The fraction of sp³-hybridized carbons (Fsp3) is 0.538. The third-order valence-corrected chi connectivity index (χ3v) is 2.26. The molecule has 1 aromatic rings. The molecule has 0 aliphatic carbocycles. The minimum atomic E-state index is -0.311. The van der Waals surface area contributed by atoms with Crippen molar-refractivity contribution in [3.8, 4) is 5.75 Å². The molecule has 0 aromatic heterocycles. The lowest BCUT2D eigenvalue weighted by Gasteiger charge is -2.22. The molecule has 0 saturated heterocycles. The van der Waals surface area contributed by atoms with Gasteiger partial charge in [-0.2, -0.15) is 0 Å². The second-order valence-corrected chi connectivity index (χ2v) is 5.29. The third-order valence-electron chi connectivity index (χ3n) is 2.26. The van der Waals surface area contributed by atoms with Crippen LogP contribution in [0.25, 0.3) is 0 Å². The minimum absolute atomic E-state index is 0.149. The number of hydrogen-bond donors (Lipinski definition) is 2. The van der Waals surface area contributed by atoms with Crippen molar-refractivity contribution >= 4 is 0 Å². The predicted octanol–water partition coefficient (Wildman–Crippen LogP) is 2.73. The van der Waals surface area contributed by atoms with Crippen LogP contribution in [-0.4, -0.2) is 16.3 Å². The molecule has 0 spiro atoms. The first-order valence-corrected chi connectivity index (χ1v) is 5.33. The quantitative estimate of drug-likeness (QED) is 0.801. The lowest BCUT2D eigenvalue weighted by atomic mass is 9.87. The highest BCUT2D eigenvalue weighted by Crippen LogP contribution is 2.22. The first-order valence-electron chi connectivity index (χ1n) is 5.33. The van der Waals surface area contributed by atoms with Crippen LogP contribution in [0.4, 0.5) is 0 Å². The van der Waals surface area contributed by atoms with Crippen molar-refractivity contribution in [1.82, 2.24) is 0 Å². The summed E-state index contributed by atoms with van der Waals surface area (Å²) in [6.07, 6.45) is 1.13. The van der Waals surface area contributed by atoms with Crippen LogP contribution in [0.5, 0.6) is 5.75 Å². The van der Waals surface area contributed by atoms with Crippen molar-refractivity contribution in [1.29, 1.82) is 0 Å². The number of phenols is 1. The Morgan fingerprint density at radius 2 is 1.67 bits per heavy atom. The van der Waals surface area contributed by atoms with E-state index in [1.807, 2.05) is 12.1 Å². The number of aliphatic hydroxyl groups excluding tert-OH is 1. The predicted molar refractivity (Wildman–Crippen MR) is 61.9 cm³/mol. The summed E-state index contributed by atoms with van der Waals surface area (Å²) in [6.45, 7) is 6.35. The van der Waals surface area contributed by atoms with Crippen molar-refractivity contribution in [2.75, 3.05) is 0 Å². The summed E-state index contributed by atoms with van der Waals surface area (Å²) in [7, 11) is 0. The summed E-state index contributed by atoms with van der Waals surface area (Å²) in [6, 6.07) is 7.00. The Hall–Kier alpha value is -1.02. The summed E-state index contributed by atoms with van der Waals surface area (Å²) in [4.78, 5) is 0. The Balaban J connectivity index is 2.51. The molecule has 0 saturated carbocycles. The zero-order valence-electron chi connectivity index (χ0n) is 9.70. The molecule has 2 nitrogen and oxygen atoms in total. The van der Waals surface area contributed by atoms with Crippen molar-refractivity contribution in [3.05, 3.63) is 29.8 Å². The van der Waals surface area contributed by atoms with E-state index in [4.69, 9.17) is 5.11 Å². The van der Waals surface area contributed by atoms with Crippen LogP contribution in [-0.2, 0) is 6.42 Å². The number of aromatic hydroxyl groups is 1. The molecule has 0 aliphatic heterocycles. The largest absolute Gasteiger partial charge is 0.508 e. The SMILES string of the molecule is CC(C)(C)CC(O)Cc1ccc(O)cc1. The molecule has 1 rings (SSSR count). The number of aliphatic hydroxyl groups is 1. The molecule has 1 unspecified atom stereocenters. The molecule has 2 N–H and O–H groups in total. The van der Waals surface area contributed by atoms with Gasteiger partial charge in [0.25, 0.3) is 0 Å². The minimum Gasteiger partial charge on any atom is -0.508 e. The highest BCUT2D eigenvalue weighted by molar-refractivity contribution is 5.26. The van der Waals surface area contributed by atoms with Crippen molar-refractivity contribution in [2.24, 2.45) is 5.41 Å². The van der Waals surface area contributed by atoms with Crippen LogP contribution >= 0.6 is 0 Å². The Morgan fingerprint density at radius 1 is 1.13 bits per heavy atom. The zero-order valence-corrected chi connectivity index (χ0v) is 9.70. The Morgan fingerprint density at radius 3 is 2.13 bits per heavy atom. The molecule has 1 aromatic carbocycles. The van der Waals surface area contributed by atoms with Gasteiger partial charge < -0.3 is 10.2 Å². The Kier molecular flexibility index (Phi) is 3.75. The van der Waals surface area contributed by atoms with Gasteiger partial charge in [-0.1, -0.05) is 32.9 Å². The van der Waals surface area contributed by atoms with E-state index in [9.17, 15) is 5.11 Å². The first-order chi connectivity index (χ1) is 6.87. The average Bonchev–Trinajstić information content (AvgIpc) is 2.05. The van der Waals surface area contributed by atoms with Gasteiger partial charge in [0, 0.05) is 0 Å². The summed E-state index contributed by atoms with van der Waals surface area (Å²) < 4.78 is 0. The van der Waals surface area contributed by atoms with E-state index in [0.29, 0.717) is 6.42 Å². The van der Waals surface area contributed by atoms with E-state index in [2.05, 4.69) is 20.8 Å². The fourth-order valence-corrected chi connectivity index (χ4v) is 1.68. The van der Waals surface area contributed by atoms with Crippen molar-refractivity contribution in [3.63, 3.8) is 0 Å². The normalized spacial score (nSPS) is 13.9. The number of hydrogen-bond acceptors (Lipinski definition) is 2. The molecule has 84 valence electrons. The maximum atomic E-state index is 9.85. The number of rotatable bonds is 3. The topological polar surface area (TPSA) is 40.5 Å². The summed E-state index contributed by atoms with van der Waals surface area (Å²) in [5.41, 5.74) is 1.21. The zero-order chi connectivity index (χ0) is 11.5. The summed E-state index contributed by atoms with van der Waals surface area (Å²) in [5, 5.41) is 19.0. The van der Waals surface area contributed by atoms with Gasteiger partial charge >= 0.3 is 0 Å². The molecule has 2 heteroatoms. The monoisotopic (exact) mass is 208 g/mol. The van der Waals surface area contributed by atoms with Gasteiger partial charge in [-0.15, -0.1) is 0 Å². The van der Waals surface area contributed by atoms with E-state index in [0.717, 1.165) is 12.0 Å². The van der Waals surface area contributed by atoms with Crippen LogP contribution in [0, 0.1) is 5.41 Å². The summed E-state index contributed by atoms with van der Waals surface area (Å²) in [5.74, 6) is 0.268. The molecule has 0 aliphatic rings. The lowest BCUT2D eigenvalue weighted by Crippen LogP contribution is -2.19. The second kappa shape index (κ2) is 4.67. The van der Waals surface area contributed by atoms with Gasteiger partial charge in [0.05, 0.1) is 6.10 Å². The van der Waals surface area contributed by atoms with Crippen LogP contribution < -0.4 is 0 Å². The van der Waals surface area contributed by atoms with E-state index >= 15 is 0 Å². The first kappa shape index (κ1) is 12.1. The maximum absolute atomic E-state index is 9.85. The third kappa shape index (κ3) is 4.84.